The van der Waals surface area contributed by atoms with Crippen LogP contribution in [0.5, 0.6) is 0 Å². The first kappa shape index (κ1) is 15.0. The molecule has 2 heterocycles. The van der Waals surface area contributed by atoms with E-state index in [4.69, 9.17) is 10.5 Å². The molecule has 2 aromatic heterocycles. The van der Waals surface area contributed by atoms with E-state index in [1.54, 1.807) is 18.3 Å². The van der Waals surface area contributed by atoms with Gasteiger partial charge in [0.1, 0.15) is 10.6 Å². The smallest absolute Gasteiger partial charge is 0.341 e. The fourth-order valence-corrected chi connectivity index (χ4v) is 4.04. The molecule has 0 aliphatic rings. The Kier molecular flexibility index (Phi) is 4.80. The van der Waals surface area contributed by atoms with Crippen molar-refractivity contribution in [3.63, 3.8) is 0 Å². The second-order valence-corrected chi connectivity index (χ2v) is 6.66. The average molecular weight is 310 g/mol. The normalized spacial score (nSPS) is 11.0. The molecule has 0 unspecified atom stereocenters. The SMILES string of the molecule is CCOC(=O)c1c(N)sc(CN(C)C)c1-c1cccs1. The maximum atomic E-state index is 12.2. The molecule has 0 aromatic carbocycles. The minimum atomic E-state index is -0.338. The van der Waals surface area contributed by atoms with Crippen LogP contribution < -0.4 is 5.73 Å². The third-order valence-electron chi connectivity index (χ3n) is 2.72. The van der Waals surface area contributed by atoms with Crippen molar-refractivity contribution in [2.75, 3.05) is 26.4 Å². The van der Waals surface area contributed by atoms with Crippen LogP contribution in [0.2, 0.25) is 0 Å². The van der Waals surface area contributed by atoms with E-state index in [0.29, 0.717) is 17.2 Å². The lowest BCUT2D eigenvalue weighted by Crippen LogP contribution is -2.11. The zero-order chi connectivity index (χ0) is 14.7. The minimum absolute atomic E-state index is 0.338. The first-order valence-electron chi connectivity index (χ1n) is 6.31. The third kappa shape index (κ3) is 3.03. The quantitative estimate of drug-likeness (QED) is 0.861. The van der Waals surface area contributed by atoms with Crippen LogP contribution in [-0.4, -0.2) is 31.6 Å². The minimum Gasteiger partial charge on any atom is -0.462 e. The highest BCUT2D eigenvalue weighted by atomic mass is 32.1. The Morgan fingerprint density at radius 2 is 2.20 bits per heavy atom. The van der Waals surface area contributed by atoms with Crippen molar-refractivity contribution in [1.29, 1.82) is 0 Å². The summed E-state index contributed by atoms with van der Waals surface area (Å²) in [5.41, 5.74) is 7.49. The number of thiophene rings is 2. The molecule has 4 nitrogen and oxygen atoms in total. The average Bonchev–Trinajstić information content (AvgIpc) is 2.96. The predicted molar refractivity (Wildman–Crippen MR) is 85.4 cm³/mol. The van der Waals surface area contributed by atoms with Crippen molar-refractivity contribution in [1.82, 2.24) is 4.90 Å². The molecular formula is C14H18N2O2S2. The van der Waals surface area contributed by atoms with Gasteiger partial charge in [0.25, 0.3) is 0 Å². The first-order valence-corrected chi connectivity index (χ1v) is 8.01. The van der Waals surface area contributed by atoms with Crippen molar-refractivity contribution in [3.8, 4) is 10.4 Å². The Labute approximate surface area is 126 Å². The third-order valence-corrected chi connectivity index (χ3v) is 4.61. The number of anilines is 1. The Hall–Kier alpha value is -1.37. The lowest BCUT2D eigenvalue weighted by molar-refractivity contribution is 0.0529. The summed E-state index contributed by atoms with van der Waals surface area (Å²) in [6.45, 7) is 2.90. The van der Waals surface area contributed by atoms with Crippen LogP contribution in [0.25, 0.3) is 10.4 Å². The largest absolute Gasteiger partial charge is 0.462 e. The van der Waals surface area contributed by atoms with Gasteiger partial charge in [0.05, 0.1) is 6.61 Å². The fourth-order valence-electron chi connectivity index (χ4n) is 1.98. The van der Waals surface area contributed by atoms with E-state index >= 15 is 0 Å². The number of ether oxygens (including phenoxy) is 1. The molecule has 0 saturated heterocycles. The molecule has 0 fully saturated rings. The summed E-state index contributed by atoms with van der Waals surface area (Å²) in [7, 11) is 4.00. The molecule has 6 heteroatoms. The lowest BCUT2D eigenvalue weighted by Gasteiger charge is -2.10. The molecule has 0 spiro atoms. The van der Waals surface area contributed by atoms with E-state index in [2.05, 4.69) is 4.90 Å². The Morgan fingerprint density at radius 1 is 1.45 bits per heavy atom. The standard InChI is InChI=1S/C14H18N2O2S2/c1-4-18-14(17)12-11(9-6-5-7-19-9)10(8-16(2)3)20-13(12)15/h5-7H,4,8,15H2,1-3H3. The van der Waals surface area contributed by atoms with Gasteiger partial charge in [0.2, 0.25) is 0 Å². The topological polar surface area (TPSA) is 55.6 Å². The molecule has 0 aliphatic carbocycles. The van der Waals surface area contributed by atoms with Crippen LogP contribution in [0.4, 0.5) is 5.00 Å². The molecule has 0 saturated carbocycles. The molecule has 2 aromatic rings. The summed E-state index contributed by atoms with van der Waals surface area (Å²) in [6, 6.07) is 3.98. The fraction of sp³-hybridized carbons (Fsp3) is 0.357. The maximum absolute atomic E-state index is 12.2. The van der Waals surface area contributed by atoms with E-state index in [9.17, 15) is 4.79 Å². The number of nitrogens with two attached hydrogens (primary N) is 1. The molecule has 2 N–H and O–H groups in total. The van der Waals surface area contributed by atoms with Gasteiger partial charge in [-0.1, -0.05) is 6.07 Å². The molecule has 2 rings (SSSR count). The number of hydrogen-bond acceptors (Lipinski definition) is 6. The molecule has 0 atom stereocenters. The van der Waals surface area contributed by atoms with E-state index in [1.165, 1.54) is 11.3 Å². The highest BCUT2D eigenvalue weighted by Crippen LogP contribution is 2.41. The van der Waals surface area contributed by atoms with Gasteiger partial charge >= 0.3 is 5.97 Å². The second-order valence-electron chi connectivity index (χ2n) is 4.58. The summed E-state index contributed by atoms with van der Waals surface area (Å²) in [5.74, 6) is -0.338. The van der Waals surface area contributed by atoms with Crippen molar-refractivity contribution < 1.29 is 9.53 Å². The molecule has 0 radical (unpaired) electrons. The number of hydrogen-bond donors (Lipinski definition) is 1. The van der Waals surface area contributed by atoms with Gasteiger partial charge in [-0.15, -0.1) is 22.7 Å². The van der Waals surface area contributed by atoms with Gasteiger partial charge in [-0.3, -0.25) is 0 Å². The van der Waals surface area contributed by atoms with Gasteiger partial charge < -0.3 is 15.4 Å². The molecular weight excluding hydrogens is 292 g/mol. The van der Waals surface area contributed by atoms with Gasteiger partial charge in [-0.05, 0) is 32.5 Å². The number of carbonyl (C=O) groups excluding carboxylic acids is 1. The zero-order valence-electron chi connectivity index (χ0n) is 11.8. The first-order chi connectivity index (χ1) is 9.54. The summed E-state index contributed by atoms with van der Waals surface area (Å²) >= 11 is 3.07. The highest BCUT2D eigenvalue weighted by Gasteiger charge is 2.25. The van der Waals surface area contributed by atoms with Crippen LogP contribution in [0, 0.1) is 0 Å². The lowest BCUT2D eigenvalue weighted by atomic mass is 10.1. The summed E-state index contributed by atoms with van der Waals surface area (Å²) < 4.78 is 5.14. The Morgan fingerprint density at radius 3 is 2.75 bits per heavy atom. The van der Waals surface area contributed by atoms with Crippen molar-refractivity contribution in [2.24, 2.45) is 0 Å². The van der Waals surface area contributed by atoms with Gasteiger partial charge in [0.15, 0.2) is 0 Å². The van der Waals surface area contributed by atoms with E-state index in [-0.39, 0.29) is 5.97 Å². The number of nitrogens with zero attached hydrogens (tertiary/aromatic N) is 1. The number of nitrogen functional groups attached to an aromatic ring is 1. The Balaban J connectivity index is 2.55. The van der Waals surface area contributed by atoms with Crippen molar-refractivity contribution >= 4 is 33.6 Å². The van der Waals surface area contributed by atoms with Crippen LogP contribution >= 0.6 is 22.7 Å². The molecule has 0 bridgehead atoms. The van der Waals surface area contributed by atoms with E-state index in [0.717, 1.165) is 21.9 Å². The van der Waals surface area contributed by atoms with Crippen molar-refractivity contribution in [3.05, 3.63) is 28.0 Å². The molecule has 0 aliphatic heterocycles. The van der Waals surface area contributed by atoms with Gasteiger partial charge in [-0.25, -0.2) is 4.79 Å². The predicted octanol–water partition coefficient (Wildman–Crippen LogP) is 3.30. The Bertz CT molecular complexity index is 589. The van der Waals surface area contributed by atoms with Gasteiger partial charge in [0, 0.05) is 21.9 Å². The summed E-state index contributed by atoms with van der Waals surface area (Å²) in [4.78, 5) is 16.4. The highest BCUT2D eigenvalue weighted by molar-refractivity contribution is 7.18. The summed E-state index contributed by atoms with van der Waals surface area (Å²) in [6.07, 6.45) is 0. The van der Waals surface area contributed by atoms with Crippen LogP contribution in [0.15, 0.2) is 17.5 Å². The maximum Gasteiger partial charge on any atom is 0.341 e. The van der Waals surface area contributed by atoms with E-state index in [1.807, 2.05) is 31.6 Å². The molecule has 20 heavy (non-hydrogen) atoms. The monoisotopic (exact) mass is 310 g/mol. The summed E-state index contributed by atoms with van der Waals surface area (Å²) in [5, 5.41) is 2.53. The number of carbonyl (C=O) groups is 1. The molecule has 108 valence electrons. The zero-order valence-corrected chi connectivity index (χ0v) is 13.4. The van der Waals surface area contributed by atoms with Crippen molar-refractivity contribution in [2.45, 2.75) is 13.5 Å². The van der Waals surface area contributed by atoms with Crippen LogP contribution in [-0.2, 0) is 11.3 Å². The van der Waals surface area contributed by atoms with Crippen LogP contribution in [0.1, 0.15) is 22.2 Å². The second kappa shape index (κ2) is 6.39. The van der Waals surface area contributed by atoms with Crippen LogP contribution in [0.3, 0.4) is 0 Å². The number of rotatable bonds is 5. The van der Waals surface area contributed by atoms with E-state index < -0.39 is 0 Å². The van der Waals surface area contributed by atoms with Gasteiger partial charge in [-0.2, -0.15) is 0 Å². The molecule has 0 amide bonds. The number of esters is 1.